The molecule has 30 heavy (non-hydrogen) atoms. The van der Waals surface area contributed by atoms with Crippen LogP contribution in [-0.2, 0) is 6.54 Å². The van der Waals surface area contributed by atoms with Crippen molar-refractivity contribution in [1.82, 2.24) is 14.9 Å². The lowest BCUT2D eigenvalue weighted by Gasteiger charge is -2.17. The van der Waals surface area contributed by atoms with Crippen LogP contribution in [0.15, 0.2) is 66.7 Å². The summed E-state index contributed by atoms with van der Waals surface area (Å²) in [6.45, 7) is 6.43. The number of benzene rings is 3. The second kappa shape index (κ2) is 8.11. The minimum Gasteiger partial charge on any atom is -0.342 e. The maximum absolute atomic E-state index is 13.3. The van der Waals surface area contributed by atoms with Gasteiger partial charge in [-0.15, -0.1) is 0 Å². The molecule has 4 nitrogen and oxygen atoms in total. The molecule has 0 saturated carbocycles. The Morgan fingerprint density at radius 3 is 2.53 bits per heavy atom. The van der Waals surface area contributed by atoms with Crippen molar-refractivity contribution >= 4 is 16.9 Å². The number of hydrogen-bond acceptors (Lipinski definition) is 2. The molecule has 0 spiro atoms. The van der Waals surface area contributed by atoms with Crippen molar-refractivity contribution in [1.29, 1.82) is 0 Å². The van der Waals surface area contributed by atoms with Crippen LogP contribution in [0, 0.1) is 19.7 Å². The van der Waals surface area contributed by atoms with E-state index in [-0.39, 0.29) is 17.8 Å². The van der Waals surface area contributed by atoms with Crippen molar-refractivity contribution < 1.29 is 9.18 Å². The zero-order chi connectivity index (χ0) is 21.3. The van der Waals surface area contributed by atoms with E-state index < -0.39 is 0 Å². The Morgan fingerprint density at radius 1 is 1.07 bits per heavy atom. The van der Waals surface area contributed by atoms with E-state index in [2.05, 4.69) is 9.88 Å². The summed E-state index contributed by atoms with van der Waals surface area (Å²) in [5.41, 5.74) is 5.53. The summed E-state index contributed by atoms with van der Waals surface area (Å²) < 4.78 is 15.4. The summed E-state index contributed by atoms with van der Waals surface area (Å²) >= 11 is 0. The van der Waals surface area contributed by atoms with Gasteiger partial charge in [0, 0.05) is 12.1 Å². The van der Waals surface area contributed by atoms with Gasteiger partial charge >= 0.3 is 0 Å². The lowest BCUT2D eigenvalue weighted by atomic mass is 10.0. The van der Waals surface area contributed by atoms with E-state index in [9.17, 15) is 9.18 Å². The topological polar surface area (TPSA) is 46.9 Å². The quantitative estimate of drug-likeness (QED) is 0.491. The number of carbonyl (C=O) groups excluding carboxylic acids is 1. The number of nitrogens with zero attached hydrogens (tertiary/aromatic N) is 2. The zero-order valence-electron chi connectivity index (χ0n) is 17.3. The van der Waals surface area contributed by atoms with Crippen LogP contribution < -0.4 is 5.32 Å². The van der Waals surface area contributed by atoms with E-state index in [1.54, 1.807) is 12.1 Å². The molecule has 5 heteroatoms. The molecule has 1 aromatic heterocycles. The van der Waals surface area contributed by atoms with Crippen molar-refractivity contribution in [2.45, 2.75) is 33.4 Å². The fourth-order valence-corrected chi connectivity index (χ4v) is 3.77. The van der Waals surface area contributed by atoms with Crippen LogP contribution in [0.4, 0.5) is 4.39 Å². The molecule has 0 fully saturated rings. The first kappa shape index (κ1) is 19.8. The van der Waals surface area contributed by atoms with Gasteiger partial charge in [-0.2, -0.15) is 0 Å². The molecule has 0 radical (unpaired) electrons. The first-order valence-electron chi connectivity index (χ1n) is 10.00. The van der Waals surface area contributed by atoms with E-state index >= 15 is 0 Å². The molecule has 152 valence electrons. The number of aromatic nitrogens is 2. The normalized spacial score (nSPS) is 12.1. The van der Waals surface area contributed by atoms with E-state index in [0.29, 0.717) is 12.1 Å². The summed E-state index contributed by atoms with van der Waals surface area (Å²) in [5.74, 6) is 0.377. The molecular weight excluding hydrogens is 377 g/mol. The molecule has 0 aliphatic rings. The van der Waals surface area contributed by atoms with Crippen molar-refractivity contribution in [3.8, 4) is 0 Å². The highest BCUT2D eigenvalue weighted by molar-refractivity contribution is 5.96. The van der Waals surface area contributed by atoms with Crippen LogP contribution in [0.25, 0.3) is 11.0 Å². The Balaban J connectivity index is 1.67. The summed E-state index contributed by atoms with van der Waals surface area (Å²) in [4.78, 5) is 17.7. The van der Waals surface area contributed by atoms with E-state index in [4.69, 9.17) is 4.98 Å². The second-order valence-corrected chi connectivity index (χ2v) is 7.68. The third-order valence-corrected chi connectivity index (χ3v) is 5.30. The van der Waals surface area contributed by atoms with Gasteiger partial charge in [0.2, 0.25) is 0 Å². The highest BCUT2D eigenvalue weighted by atomic mass is 19.1. The highest BCUT2D eigenvalue weighted by Gasteiger charge is 2.20. The SMILES string of the molecule is Cc1ccc(C(=O)NC(C)c2nc3ccccc3n2Cc2ccc(F)cc2)c(C)c1. The summed E-state index contributed by atoms with van der Waals surface area (Å²) in [5, 5.41) is 3.09. The number of carbonyl (C=O) groups is 1. The molecule has 0 saturated heterocycles. The number of para-hydroxylation sites is 2. The monoisotopic (exact) mass is 401 g/mol. The Bertz CT molecular complexity index is 1210. The van der Waals surface area contributed by atoms with E-state index in [1.807, 2.05) is 63.2 Å². The zero-order valence-corrected chi connectivity index (χ0v) is 17.3. The molecule has 0 aliphatic carbocycles. The standard InChI is InChI=1S/C25H24FN3O/c1-16-8-13-21(17(2)14-16)25(30)27-18(3)24-28-22-6-4-5-7-23(22)29(24)15-19-9-11-20(26)12-10-19/h4-14,18H,15H2,1-3H3,(H,27,30). The number of hydrogen-bond donors (Lipinski definition) is 1. The predicted molar refractivity (Wildman–Crippen MR) is 117 cm³/mol. The first-order chi connectivity index (χ1) is 14.4. The average Bonchev–Trinajstić information content (AvgIpc) is 3.08. The van der Waals surface area contributed by atoms with E-state index in [1.165, 1.54) is 12.1 Å². The number of nitrogens with one attached hydrogen (secondary N) is 1. The lowest BCUT2D eigenvalue weighted by Crippen LogP contribution is -2.29. The van der Waals surface area contributed by atoms with Gasteiger partial charge in [-0.1, -0.05) is 42.0 Å². The average molecular weight is 401 g/mol. The van der Waals surface area contributed by atoms with Crippen LogP contribution in [0.3, 0.4) is 0 Å². The number of amides is 1. The van der Waals surface area contributed by atoms with Gasteiger partial charge in [0.15, 0.2) is 0 Å². The van der Waals surface area contributed by atoms with Crippen molar-refractivity contribution in [3.05, 3.63) is 101 Å². The molecule has 3 aromatic carbocycles. The maximum atomic E-state index is 13.3. The summed E-state index contributed by atoms with van der Waals surface area (Å²) in [6, 6.07) is 19.8. The maximum Gasteiger partial charge on any atom is 0.252 e. The molecule has 4 rings (SSSR count). The number of fused-ring (bicyclic) bond motifs is 1. The Morgan fingerprint density at radius 2 is 1.80 bits per heavy atom. The van der Waals surface area contributed by atoms with Crippen molar-refractivity contribution in [2.75, 3.05) is 0 Å². The molecule has 0 bridgehead atoms. The highest BCUT2D eigenvalue weighted by Crippen LogP contribution is 2.23. The minimum atomic E-state index is -0.300. The van der Waals surface area contributed by atoms with Gasteiger partial charge in [0.25, 0.3) is 5.91 Å². The Kier molecular flexibility index (Phi) is 5.36. The number of halogens is 1. The van der Waals surface area contributed by atoms with Crippen LogP contribution >= 0.6 is 0 Å². The molecule has 1 amide bonds. The van der Waals surface area contributed by atoms with E-state index in [0.717, 1.165) is 33.5 Å². The van der Waals surface area contributed by atoms with Crippen LogP contribution in [-0.4, -0.2) is 15.5 Å². The van der Waals surface area contributed by atoms with Gasteiger partial charge in [-0.25, -0.2) is 9.37 Å². The van der Waals surface area contributed by atoms with Crippen LogP contribution in [0.5, 0.6) is 0 Å². The number of rotatable bonds is 5. The first-order valence-corrected chi connectivity index (χ1v) is 10.00. The van der Waals surface area contributed by atoms with Gasteiger partial charge in [0.1, 0.15) is 11.6 Å². The smallest absolute Gasteiger partial charge is 0.252 e. The lowest BCUT2D eigenvalue weighted by molar-refractivity contribution is 0.0937. The summed E-state index contributed by atoms with van der Waals surface area (Å²) in [6.07, 6.45) is 0. The van der Waals surface area contributed by atoms with Crippen molar-refractivity contribution in [2.24, 2.45) is 0 Å². The molecule has 1 N–H and O–H groups in total. The van der Waals surface area contributed by atoms with Gasteiger partial charge < -0.3 is 9.88 Å². The largest absolute Gasteiger partial charge is 0.342 e. The second-order valence-electron chi connectivity index (χ2n) is 7.68. The summed E-state index contributed by atoms with van der Waals surface area (Å²) in [7, 11) is 0. The number of aryl methyl sites for hydroxylation is 2. The fraction of sp³-hybridized carbons (Fsp3) is 0.200. The third kappa shape index (κ3) is 3.96. The fourth-order valence-electron chi connectivity index (χ4n) is 3.77. The van der Waals surface area contributed by atoms with Gasteiger partial charge in [-0.3, -0.25) is 4.79 Å². The molecule has 1 atom stereocenters. The molecular formula is C25H24FN3O. The Hall–Kier alpha value is -3.47. The third-order valence-electron chi connectivity index (χ3n) is 5.30. The van der Waals surface area contributed by atoms with Crippen LogP contribution in [0.1, 0.15) is 45.8 Å². The van der Waals surface area contributed by atoms with Gasteiger partial charge in [-0.05, 0) is 62.2 Å². The van der Waals surface area contributed by atoms with Crippen LogP contribution in [0.2, 0.25) is 0 Å². The van der Waals surface area contributed by atoms with Crippen molar-refractivity contribution in [3.63, 3.8) is 0 Å². The molecule has 4 aromatic rings. The molecule has 1 heterocycles. The minimum absolute atomic E-state index is 0.125. The van der Waals surface area contributed by atoms with Gasteiger partial charge in [0.05, 0.1) is 17.1 Å². The predicted octanol–water partition coefficient (Wildman–Crippen LogP) is 5.33. The molecule has 1 unspecified atom stereocenters. The Labute approximate surface area is 175 Å². The number of imidazole rings is 1. The molecule has 0 aliphatic heterocycles.